The lowest BCUT2D eigenvalue weighted by atomic mass is 9.99. The Morgan fingerprint density at radius 2 is 2.20 bits per heavy atom. The van der Waals surface area contributed by atoms with Crippen molar-refractivity contribution in [3.63, 3.8) is 0 Å². The summed E-state index contributed by atoms with van der Waals surface area (Å²) < 4.78 is 0. The van der Waals surface area contributed by atoms with Crippen LogP contribution >= 0.6 is 0 Å². The van der Waals surface area contributed by atoms with Crippen molar-refractivity contribution in [3.8, 4) is 0 Å². The van der Waals surface area contributed by atoms with E-state index >= 15 is 0 Å². The normalized spacial score (nSPS) is 32.6. The number of nitrogens with one attached hydrogen (secondary N) is 1. The molecule has 0 aromatic rings. The highest BCUT2D eigenvalue weighted by atomic mass is 16.3. The summed E-state index contributed by atoms with van der Waals surface area (Å²) in [6, 6.07) is 0.287. The van der Waals surface area contributed by atoms with Crippen molar-refractivity contribution in [2.45, 2.75) is 31.9 Å². The first-order chi connectivity index (χ1) is 4.84. The fraction of sp³-hybridized carbons (Fsp3) is 0.750. The molecule has 2 nitrogen and oxygen atoms in total. The maximum atomic E-state index is 9.39. The summed E-state index contributed by atoms with van der Waals surface area (Å²) in [5, 5.41) is 12.6. The molecule has 0 heterocycles. The molecule has 0 aliphatic heterocycles. The van der Waals surface area contributed by atoms with E-state index in [0.717, 1.165) is 19.4 Å². The molecule has 0 amide bonds. The first kappa shape index (κ1) is 7.76. The van der Waals surface area contributed by atoms with Crippen LogP contribution in [0.25, 0.3) is 0 Å². The van der Waals surface area contributed by atoms with Gasteiger partial charge >= 0.3 is 0 Å². The maximum absolute atomic E-state index is 9.39. The van der Waals surface area contributed by atoms with Crippen LogP contribution in [0.5, 0.6) is 0 Å². The molecular formula is C8H15NO. The Labute approximate surface area is 61.9 Å². The van der Waals surface area contributed by atoms with Crippen molar-refractivity contribution in [1.82, 2.24) is 5.32 Å². The summed E-state index contributed by atoms with van der Waals surface area (Å²) in [4.78, 5) is 0. The average molecular weight is 141 g/mol. The molecule has 0 saturated heterocycles. The first-order valence-corrected chi connectivity index (χ1v) is 3.91. The summed E-state index contributed by atoms with van der Waals surface area (Å²) in [6.07, 6.45) is 5.76. The van der Waals surface area contributed by atoms with Crippen molar-refractivity contribution in [3.05, 3.63) is 12.2 Å². The molecule has 0 unspecified atom stereocenters. The largest absolute Gasteiger partial charge is 0.391 e. The highest BCUT2D eigenvalue weighted by Crippen LogP contribution is 2.10. The second kappa shape index (κ2) is 3.74. The van der Waals surface area contributed by atoms with Crippen LogP contribution in [0.15, 0.2) is 12.2 Å². The van der Waals surface area contributed by atoms with Crippen LogP contribution in [-0.4, -0.2) is 23.8 Å². The fourth-order valence-electron chi connectivity index (χ4n) is 1.28. The Bertz CT molecular complexity index is 122. The molecule has 1 rings (SSSR count). The van der Waals surface area contributed by atoms with Crippen LogP contribution in [0.4, 0.5) is 0 Å². The van der Waals surface area contributed by atoms with E-state index in [1.165, 1.54) is 0 Å². The lowest BCUT2D eigenvalue weighted by molar-refractivity contribution is 0.126. The van der Waals surface area contributed by atoms with Crippen LogP contribution in [0.3, 0.4) is 0 Å². The van der Waals surface area contributed by atoms with E-state index in [4.69, 9.17) is 0 Å². The third-order valence-electron chi connectivity index (χ3n) is 1.87. The van der Waals surface area contributed by atoms with Gasteiger partial charge in [-0.2, -0.15) is 0 Å². The van der Waals surface area contributed by atoms with Gasteiger partial charge < -0.3 is 10.4 Å². The summed E-state index contributed by atoms with van der Waals surface area (Å²) in [6.45, 7) is 3.00. The zero-order valence-corrected chi connectivity index (χ0v) is 6.38. The molecule has 1 aliphatic rings. The van der Waals surface area contributed by atoms with Crippen LogP contribution in [0, 0.1) is 0 Å². The molecule has 2 N–H and O–H groups in total. The summed E-state index contributed by atoms with van der Waals surface area (Å²) >= 11 is 0. The fourth-order valence-corrected chi connectivity index (χ4v) is 1.28. The van der Waals surface area contributed by atoms with E-state index in [-0.39, 0.29) is 12.1 Å². The summed E-state index contributed by atoms with van der Waals surface area (Å²) in [5.74, 6) is 0. The third-order valence-corrected chi connectivity index (χ3v) is 1.87. The van der Waals surface area contributed by atoms with Crippen molar-refractivity contribution < 1.29 is 5.11 Å². The van der Waals surface area contributed by atoms with Crippen LogP contribution in [-0.2, 0) is 0 Å². The van der Waals surface area contributed by atoms with Gasteiger partial charge in [-0.3, -0.25) is 0 Å². The standard InChI is InChI=1S/C8H15NO/c1-2-9-7-5-3-4-6-8(7)10/h3-4,7-10H,2,5-6H2,1H3/t7-,8+/m1/s1. The Hall–Kier alpha value is -0.340. The number of aliphatic hydroxyl groups is 1. The van der Waals surface area contributed by atoms with Crippen molar-refractivity contribution >= 4 is 0 Å². The Kier molecular flexibility index (Phi) is 2.90. The molecule has 0 aromatic heterocycles. The summed E-state index contributed by atoms with van der Waals surface area (Å²) in [7, 11) is 0. The highest BCUT2D eigenvalue weighted by Gasteiger charge is 2.17. The Morgan fingerprint density at radius 3 is 2.80 bits per heavy atom. The second-order valence-corrected chi connectivity index (χ2v) is 2.67. The van der Waals surface area contributed by atoms with Crippen LogP contribution in [0.1, 0.15) is 19.8 Å². The molecule has 0 bridgehead atoms. The van der Waals surface area contributed by atoms with E-state index in [9.17, 15) is 5.11 Å². The molecule has 58 valence electrons. The molecule has 2 heteroatoms. The van der Waals surface area contributed by atoms with E-state index in [0.29, 0.717) is 0 Å². The average Bonchev–Trinajstić information content (AvgIpc) is 1.94. The molecule has 2 atom stereocenters. The van der Waals surface area contributed by atoms with Gasteiger partial charge in [0.15, 0.2) is 0 Å². The van der Waals surface area contributed by atoms with Gasteiger partial charge in [0, 0.05) is 6.04 Å². The quantitative estimate of drug-likeness (QED) is 0.554. The monoisotopic (exact) mass is 141 g/mol. The maximum Gasteiger partial charge on any atom is 0.0730 e. The number of likely N-dealkylation sites (N-methyl/N-ethyl adjacent to an activating group) is 1. The lowest BCUT2D eigenvalue weighted by Crippen LogP contribution is -2.40. The van der Waals surface area contributed by atoms with Gasteiger partial charge in [-0.05, 0) is 19.4 Å². The molecule has 0 saturated carbocycles. The molecule has 10 heavy (non-hydrogen) atoms. The second-order valence-electron chi connectivity index (χ2n) is 2.67. The predicted molar refractivity (Wildman–Crippen MR) is 41.8 cm³/mol. The molecule has 1 aliphatic carbocycles. The van der Waals surface area contributed by atoms with E-state index in [2.05, 4.69) is 18.3 Å². The topological polar surface area (TPSA) is 32.3 Å². The minimum Gasteiger partial charge on any atom is -0.391 e. The van der Waals surface area contributed by atoms with Crippen LogP contribution in [0.2, 0.25) is 0 Å². The molecule has 0 spiro atoms. The van der Waals surface area contributed by atoms with Gasteiger partial charge in [0.05, 0.1) is 6.10 Å². The van der Waals surface area contributed by atoms with Crippen LogP contribution < -0.4 is 5.32 Å². The summed E-state index contributed by atoms with van der Waals surface area (Å²) in [5.41, 5.74) is 0. The first-order valence-electron chi connectivity index (χ1n) is 3.91. The van der Waals surface area contributed by atoms with Gasteiger partial charge in [0.1, 0.15) is 0 Å². The number of rotatable bonds is 2. The van der Waals surface area contributed by atoms with Gasteiger partial charge in [0.2, 0.25) is 0 Å². The van der Waals surface area contributed by atoms with E-state index < -0.39 is 0 Å². The Balaban J connectivity index is 2.35. The van der Waals surface area contributed by atoms with Gasteiger partial charge in [-0.25, -0.2) is 0 Å². The lowest BCUT2D eigenvalue weighted by Gasteiger charge is -2.24. The molecule has 0 fully saturated rings. The smallest absolute Gasteiger partial charge is 0.0730 e. The predicted octanol–water partition coefficient (Wildman–Crippen LogP) is 0.675. The third kappa shape index (κ3) is 1.82. The zero-order chi connectivity index (χ0) is 7.40. The van der Waals surface area contributed by atoms with E-state index in [1.54, 1.807) is 0 Å². The van der Waals surface area contributed by atoms with Gasteiger partial charge in [0.25, 0.3) is 0 Å². The number of aliphatic hydroxyl groups excluding tert-OH is 1. The zero-order valence-electron chi connectivity index (χ0n) is 6.38. The molecule has 0 aromatic carbocycles. The van der Waals surface area contributed by atoms with Crippen molar-refractivity contribution in [2.75, 3.05) is 6.54 Å². The minimum atomic E-state index is -0.176. The number of hydrogen-bond acceptors (Lipinski definition) is 2. The SMILES string of the molecule is CCN[C@@H]1CC=CC[C@@H]1O. The van der Waals surface area contributed by atoms with Gasteiger partial charge in [-0.15, -0.1) is 0 Å². The molecular weight excluding hydrogens is 126 g/mol. The Morgan fingerprint density at radius 1 is 1.50 bits per heavy atom. The number of hydrogen-bond donors (Lipinski definition) is 2. The highest BCUT2D eigenvalue weighted by molar-refractivity contribution is 4.97. The van der Waals surface area contributed by atoms with Gasteiger partial charge in [-0.1, -0.05) is 19.1 Å². The van der Waals surface area contributed by atoms with Crippen molar-refractivity contribution in [1.29, 1.82) is 0 Å². The molecule has 0 radical (unpaired) electrons. The minimum absolute atomic E-state index is 0.176. The van der Waals surface area contributed by atoms with E-state index in [1.807, 2.05) is 6.08 Å². The van der Waals surface area contributed by atoms with Crippen molar-refractivity contribution in [2.24, 2.45) is 0 Å².